The van der Waals surface area contributed by atoms with Crippen LogP contribution in [0.4, 0.5) is 18.9 Å². The summed E-state index contributed by atoms with van der Waals surface area (Å²) in [6.07, 6.45) is -4.02. The molecule has 0 saturated carbocycles. The summed E-state index contributed by atoms with van der Waals surface area (Å²) in [5.74, 6) is -0.291. The van der Waals surface area contributed by atoms with Crippen molar-refractivity contribution in [3.05, 3.63) is 88.9 Å². The normalized spacial score (nSPS) is 10.2. The van der Waals surface area contributed by atoms with Gasteiger partial charge in [0.05, 0.1) is 10.7 Å². The zero-order valence-electron chi connectivity index (χ0n) is 18.5. The van der Waals surface area contributed by atoms with Crippen molar-refractivity contribution in [1.82, 2.24) is 4.98 Å². The van der Waals surface area contributed by atoms with Crippen LogP contribution in [0.5, 0.6) is 5.75 Å². The van der Waals surface area contributed by atoms with Crippen LogP contribution in [0, 0.1) is 6.92 Å². The molecular formula is C24H27F3N2O3S. The Kier molecular flexibility index (Phi) is 11.9. The summed E-state index contributed by atoms with van der Waals surface area (Å²) in [6.45, 7) is 10.1. The van der Waals surface area contributed by atoms with E-state index in [9.17, 15) is 18.0 Å². The number of aliphatic hydroxyl groups is 1. The number of nitrogens with one attached hydrogen (secondary N) is 1. The topological polar surface area (TPSA) is 71.5 Å². The minimum atomic E-state index is -4.71. The first-order chi connectivity index (χ1) is 15.7. The monoisotopic (exact) mass is 480 g/mol. The SMILES string of the molecule is C=C.CC(=O)c1ccc(CNc2cccc(OC(F)(F)F)c2)cc1.Cc1nc(CCO)cs1. The van der Waals surface area contributed by atoms with Gasteiger partial charge in [0.1, 0.15) is 5.75 Å². The standard InChI is InChI=1S/C16H14F3NO2.C6H9NOS.C2H4/c1-11(21)13-7-5-12(6-8-13)10-20-14-3-2-4-15(9-14)22-16(17,18)19;1-5-7-6(2-3-8)4-9-5;1-2/h2-9,20H,10H2,1H3;4,8H,2-3H2,1H3;1-2H2. The second-order valence-corrected chi connectivity index (χ2v) is 7.58. The summed E-state index contributed by atoms with van der Waals surface area (Å²) >= 11 is 1.62. The number of aliphatic hydroxyl groups excluding tert-OH is 1. The zero-order valence-corrected chi connectivity index (χ0v) is 19.3. The van der Waals surface area contributed by atoms with Gasteiger partial charge in [0.2, 0.25) is 0 Å². The van der Waals surface area contributed by atoms with Gasteiger partial charge in [0, 0.05) is 42.3 Å². The first-order valence-corrected chi connectivity index (χ1v) is 10.8. The molecule has 3 aromatic rings. The summed E-state index contributed by atoms with van der Waals surface area (Å²) in [7, 11) is 0. The van der Waals surface area contributed by atoms with E-state index in [1.165, 1.54) is 25.1 Å². The Balaban J connectivity index is 0.000000412. The number of carbonyl (C=O) groups is 1. The number of anilines is 1. The number of Topliss-reactive ketones (excluding diaryl/α,β-unsaturated/α-hetero) is 1. The first kappa shape index (κ1) is 27.9. The van der Waals surface area contributed by atoms with Gasteiger partial charge in [-0.1, -0.05) is 30.3 Å². The van der Waals surface area contributed by atoms with Gasteiger partial charge in [-0.2, -0.15) is 0 Å². The van der Waals surface area contributed by atoms with Gasteiger partial charge in [-0.05, 0) is 31.5 Å². The molecule has 0 saturated heterocycles. The largest absolute Gasteiger partial charge is 0.573 e. The number of halogens is 3. The molecule has 178 valence electrons. The van der Waals surface area contributed by atoms with E-state index in [0.717, 1.165) is 16.3 Å². The Labute approximate surface area is 195 Å². The van der Waals surface area contributed by atoms with Crippen LogP contribution in [0.15, 0.2) is 67.1 Å². The van der Waals surface area contributed by atoms with Crippen molar-refractivity contribution in [1.29, 1.82) is 0 Å². The van der Waals surface area contributed by atoms with Gasteiger partial charge >= 0.3 is 6.36 Å². The highest BCUT2D eigenvalue weighted by Gasteiger charge is 2.31. The smallest absolute Gasteiger partial charge is 0.406 e. The van der Waals surface area contributed by atoms with Gasteiger partial charge in [0.15, 0.2) is 5.78 Å². The number of ketones is 1. The highest BCUT2D eigenvalue weighted by molar-refractivity contribution is 7.09. The van der Waals surface area contributed by atoms with Gasteiger partial charge < -0.3 is 15.2 Å². The van der Waals surface area contributed by atoms with Gasteiger partial charge in [-0.3, -0.25) is 4.79 Å². The summed E-state index contributed by atoms with van der Waals surface area (Å²) in [5, 5.41) is 14.5. The lowest BCUT2D eigenvalue weighted by atomic mass is 10.1. The summed E-state index contributed by atoms with van der Waals surface area (Å²) < 4.78 is 40.3. The van der Waals surface area contributed by atoms with E-state index in [2.05, 4.69) is 28.2 Å². The van der Waals surface area contributed by atoms with Crippen molar-refractivity contribution in [3.63, 3.8) is 0 Å². The minimum absolute atomic E-state index is 0.0171. The summed E-state index contributed by atoms with van der Waals surface area (Å²) in [5.41, 5.74) is 3.04. The molecule has 33 heavy (non-hydrogen) atoms. The van der Waals surface area contributed by atoms with Gasteiger partial charge in [0.25, 0.3) is 0 Å². The van der Waals surface area contributed by atoms with Crippen LogP contribution in [0.1, 0.15) is 33.5 Å². The number of alkyl halides is 3. The molecule has 0 amide bonds. The molecule has 0 bridgehead atoms. The van der Waals surface area contributed by atoms with Crippen LogP contribution in [-0.4, -0.2) is 28.8 Å². The number of aryl methyl sites for hydroxylation is 1. The van der Waals surface area contributed by atoms with Crippen molar-refractivity contribution < 1.29 is 27.8 Å². The number of nitrogens with zero attached hydrogens (tertiary/aromatic N) is 1. The molecule has 0 aliphatic carbocycles. The predicted molar refractivity (Wildman–Crippen MR) is 126 cm³/mol. The van der Waals surface area contributed by atoms with E-state index in [-0.39, 0.29) is 18.1 Å². The average molecular weight is 481 g/mol. The van der Waals surface area contributed by atoms with Gasteiger partial charge in [-0.15, -0.1) is 37.7 Å². The lowest BCUT2D eigenvalue weighted by molar-refractivity contribution is -0.274. The maximum Gasteiger partial charge on any atom is 0.573 e. The second-order valence-electron chi connectivity index (χ2n) is 6.51. The van der Waals surface area contributed by atoms with Crippen molar-refractivity contribution >= 4 is 22.8 Å². The van der Waals surface area contributed by atoms with Crippen LogP contribution in [0.25, 0.3) is 0 Å². The third-order valence-electron chi connectivity index (χ3n) is 3.96. The maximum absolute atomic E-state index is 12.2. The Morgan fingerprint density at radius 2 is 1.85 bits per heavy atom. The fourth-order valence-electron chi connectivity index (χ4n) is 2.50. The van der Waals surface area contributed by atoms with Crippen LogP contribution in [-0.2, 0) is 13.0 Å². The highest BCUT2D eigenvalue weighted by atomic mass is 32.1. The molecule has 2 N–H and O–H groups in total. The molecule has 1 heterocycles. The molecular weight excluding hydrogens is 453 g/mol. The fraction of sp³-hybridized carbons (Fsp3) is 0.250. The zero-order chi connectivity index (χ0) is 24.9. The molecule has 0 aliphatic heterocycles. The highest BCUT2D eigenvalue weighted by Crippen LogP contribution is 2.25. The quantitative estimate of drug-likeness (QED) is 0.312. The number of hydrogen-bond donors (Lipinski definition) is 2. The molecule has 2 aromatic carbocycles. The number of rotatable bonds is 7. The number of aromatic nitrogens is 1. The van der Waals surface area contributed by atoms with E-state index >= 15 is 0 Å². The Bertz CT molecular complexity index is 989. The summed E-state index contributed by atoms with van der Waals surface area (Å²) in [4.78, 5) is 15.3. The molecule has 5 nitrogen and oxygen atoms in total. The molecule has 3 rings (SSSR count). The number of carbonyl (C=O) groups excluding carboxylic acids is 1. The molecule has 0 spiro atoms. The molecule has 9 heteroatoms. The predicted octanol–water partition coefficient (Wildman–Crippen LogP) is 6.19. The molecule has 0 radical (unpaired) electrons. The minimum Gasteiger partial charge on any atom is -0.406 e. The maximum atomic E-state index is 12.2. The molecule has 0 aliphatic rings. The Morgan fingerprint density at radius 3 is 2.36 bits per heavy atom. The van der Waals surface area contributed by atoms with Crippen LogP contribution in [0.3, 0.4) is 0 Å². The molecule has 0 fully saturated rings. The van der Waals surface area contributed by atoms with Crippen molar-refractivity contribution in [2.45, 2.75) is 33.2 Å². The van der Waals surface area contributed by atoms with E-state index in [4.69, 9.17) is 5.11 Å². The Morgan fingerprint density at radius 1 is 1.18 bits per heavy atom. The second kappa shape index (κ2) is 14.1. The fourth-order valence-corrected chi connectivity index (χ4v) is 3.15. The van der Waals surface area contributed by atoms with E-state index in [0.29, 0.717) is 24.2 Å². The number of thiazole rings is 1. The van der Waals surface area contributed by atoms with Crippen LogP contribution >= 0.6 is 11.3 Å². The Hall–Kier alpha value is -3.17. The molecule has 0 atom stereocenters. The lowest BCUT2D eigenvalue weighted by Gasteiger charge is -2.11. The third kappa shape index (κ3) is 11.3. The van der Waals surface area contributed by atoms with Crippen LogP contribution < -0.4 is 10.1 Å². The van der Waals surface area contributed by atoms with E-state index in [1.807, 2.05) is 12.3 Å². The number of ether oxygens (including phenoxy) is 1. The summed E-state index contributed by atoms with van der Waals surface area (Å²) in [6, 6.07) is 12.6. The molecule has 1 aromatic heterocycles. The van der Waals surface area contributed by atoms with Crippen LogP contribution in [0.2, 0.25) is 0 Å². The number of benzene rings is 2. The number of hydrogen-bond acceptors (Lipinski definition) is 6. The van der Waals surface area contributed by atoms with Gasteiger partial charge in [-0.25, -0.2) is 4.98 Å². The first-order valence-electron chi connectivity index (χ1n) is 9.87. The third-order valence-corrected chi connectivity index (χ3v) is 4.78. The van der Waals surface area contributed by atoms with E-state index in [1.54, 1.807) is 41.7 Å². The van der Waals surface area contributed by atoms with E-state index < -0.39 is 6.36 Å². The molecule has 0 unspecified atom stereocenters. The van der Waals surface area contributed by atoms with Crippen molar-refractivity contribution in [2.24, 2.45) is 0 Å². The lowest BCUT2D eigenvalue weighted by Crippen LogP contribution is -2.17. The van der Waals surface area contributed by atoms with Crippen molar-refractivity contribution in [2.75, 3.05) is 11.9 Å². The van der Waals surface area contributed by atoms with Crippen molar-refractivity contribution in [3.8, 4) is 5.75 Å². The average Bonchev–Trinajstić information content (AvgIpc) is 3.18.